The van der Waals surface area contributed by atoms with Gasteiger partial charge < -0.3 is 25.5 Å². The molecule has 4 aliphatic rings. The van der Waals surface area contributed by atoms with Gasteiger partial charge in [-0.2, -0.15) is 0 Å². The van der Waals surface area contributed by atoms with Crippen LogP contribution in [-0.4, -0.2) is 60.8 Å². The molecule has 0 amide bonds. The third-order valence-corrected chi connectivity index (χ3v) is 11.6. The Labute approximate surface area is 216 Å². The second-order valence-corrected chi connectivity index (χ2v) is 14.6. The number of allylic oxidation sites excluding steroid dienone is 1. The second-order valence-electron chi connectivity index (χ2n) is 14.6. The van der Waals surface area contributed by atoms with E-state index in [2.05, 4.69) is 26.8 Å². The summed E-state index contributed by atoms with van der Waals surface area (Å²) in [6.07, 6.45) is 5.97. The van der Waals surface area contributed by atoms with Crippen molar-refractivity contribution in [3.8, 4) is 0 Å². The van der Waals surface area contributed by atoms with E-state index in [9.17, 15) is 30.3 Å². The molecular weight excluding hydrogens is 456 g/mol. The molecule has 0 aromatic carbocycles. The summed E-state index contributed by atoms with van der Waals surface area (Å²) in [5.74, 6) is -0.796. The van der Waals surface area contributed by atoms with Crippen LogP contribution in [0.25, 0.3) is 0 Å². The fourth-order valence-electron chi connectivity index (χ4n) is 9.39. The number of carbonyl (C=O) groups excluding carboxylic acids is 1. The van der Waals surface area contributed by atoms with Crippen molar-refractivity contribution in [1.29, 1.82) is 0 Å². The Morgan fingerprint density at radius 3 is 2.17 bits per heavy atom. The molecule has 6 heteroatoms. The summed E-state index contributed by atoms with van der Waals surface area (Å²) in [5, 5.41) is 54.7. The smallest absolute Gasteiger partial charge is 0.187 e. The van der Waals surface area contributed by atoms with Crippen molar-refractivity contribution < 1.29 is 30.3 Å². The van der Waals surface area contributed by atoms with Gasteiger partial charge in [0.15, 0.2) is 5.78 Å². The summed E-state index contributed by atoms with van der Waals surface area (Å²) in [5.41, 5.74) is -3.15. The van der Waals surface area contributed by atoms with Crippen molar-refractivity contribution in [2.24, 2.45) is 39.4 Å². The van der Waals surface area contributed by atoms with Crippen LogP contribution >= 0.6 is 0 Å². The highest BCUT2D eigenvalue weighted by molar-refractivity contribution is 5.97. The molecule has 0 spiro atoms. The molecule has 0 unspecified atom stereocenters. The molecule has 3 fully saturated rings. The average molecular weight is 505 g/mol. The molecule has 10 atom stereocenters. The van der Waals surface area contributed by atoms with Crippen LogP contribution in [0.4, 0.5) is 0 Å². The number of rotatable bonds is 4. The first-order valence-electron chi connectivity index (χ1n) is 13.7. The van der Waals surface area contributed by atoms with Crippen molar-refractivity contribution in [3.05, 3.63) is 23.8 Å². The zero-order valence-corrected chi connectivity index (χ0v) is 23.4. The summed E-state index contributed by atoms with van der Waals surface area (Å²) in [7, 11) is 0. The number of hydrogen-bond donors (Lipinski definition) is 5. The van der Waals surface area contributed by atoms with E-state index >= 15 is 0 Å². The van der Waals surface area contributed by atoms with Crippen LogP contribution in [0, 0.1) is 39.4 Å². The van der Waals surface area contributed by atoms with E-state index in [-0.39, 0.29) is 22.7 Å². The fourth-order valence-corrected chi connectivity index (χ4v) is 9.39. The van der Waals surface area contributed by atoms with E-state index in [0.29, 0.717) is 12.8 Å². The minimum Gasteiger partial charge on any atom is -0.393 e. The summed E-state index contributed by atoms with van der Waals surface area (Å²) in [6, 6.07) is 0. The topological polar surface area (TPSA) is 118 Å². The number of aliphatic hydroxyl groups is 5. The maximum absolute atomic E-state index is 13.2. The third kappa shape index (κ3) is 3.73. The minimum atomic E-state index is -1.77. The summed E-state index contributed by atoms with van der Waals surface area (Å²) in [6.45, 7) is 15.4. The van der Waals surface area contributed by atoms with Gasteiger partial charge >= 0.3 is 0 Å². The first kappa shape index (κ1) is 28.0. The second kappa shape index (κ2) is 8.22. The van der Waals surface area contributed by atoms with Crippen LogP contribution in [0.5, 0.6) is 0 Å². The maximum Gasteiger partial charge on any atom is 0.187 e. The van der Waals surface area contributed by atoms with Crippen LogP contribution < -0.4 is 0 Å². The molecule has 204 valence electrons. The number of hydrogen-bond acceptors (Lipinski definition) is 6. The highest BCUT2D eigenvalue weighted by Gasteiger charge is 2.72. The summed E-state index contributed by atoms with van der Waals surface area (Å²) < 4.78 is 0. The number of carbonyl (C=O) groups is 1. The van der Waals surface area contributed by atoms with Crippen LogP contribution in [0.15, 0.2) is 23.8 Å². The van der Waals surface area contributed by atoms with Crippen LogP contribution in [-0.2, 0) is 4.79 Å². The molecule has 0 aliphatic heterocycles. The summed E-state index contributed by atoms with van der Waals surface area (Å²) in [4.78, 5) is 13.2. The number of aliphatic hydroxyl groups excluding tert-OH is 3. The standard InChI is InChI=1S/C30H48O6/c1-25(2,35)12-11-22(33)30(8,36)23-20(32)16-29(7)21-10-9-17-18(15-19(31)24(34)26(17,3)4)27(21,5)13-14-28(23,29)6/h9,11-12,18-21,23-24,31-32,34-36H,10,13-16H2,1-8H3/b12-11+/t18-,19-,20+,21+,23-,24-,27-,28+,29-,30-/m0/s1. The lowest BCUT2D eigenvalue weighted by atomic mass is 9.38. The van der Waals surface area contributed by atoms with Gasteiger partial charge in [-0.15, -0.1) is 0 Å². The minimum absolute atomic E-state index is 0.123. The predicted molar refractivity (Wildman–Crippen MR) is 139 cm³/mol. The summed E-state index contributed by atoms with van der Waals surface area (Å²) >= 11 is 0. The lowest BCUT2D eigenvalue weighted by Crippen LogP contribution is -2.62. The molecule has 0 radical (unpaired) electrons. The molecule has 0 heterocycles. The molecule has 36 heavy (non-hydrogen) atoms. The molecule has 6 nitrogen and oxygen atoms in total. The van der Waals surface area contributed by atoms with Gasteiger partial charge in [-0.25, -0.2) is 0 Å². The Morgan fingerprint density at radius 2 is 1.58 bits per heavy atom. The normalized spacial score (nSPS) is 48.0. The van der Waals surface area contributed by atoms with Crippen molar-refractivity contribution >= 4 is 5.78 Å². The molecule has 0 saturated heterocycles. The molecule has 4 rings (SSSR count). The Kier molecular flexibility index (Phi) is 6.39. The maximum atomic E-state index is 13.2. The number of ketones is 1. The highest BCUT2D eigenvalue weighted by Crippen LogP contribution is 2.75. The predicted octanol–water partition coefficient (Wildman–Crippen LogP) is 3.54. The SMILES string of the molecule is CC(C)(O)/C=C/C(=O)[C@](C)(O)[C@H]1[C@H](O)C[C@@]2(C)[C@@H]3CC=C4[C@H](C[C@H](O)[C@H](O)C4(C)C)[C@]3(C)CC[C@]12C. The molecule has 0 aromatic rings. The van der Waals surface area contributed by atoms with Crippen molar-refractivity contribution in [2.45, 2.75) is 117 Å². The van der Waals surface area contributed by atoms with E-state index in [4.69, 9.17) is 0 Å². The van der Waals surface area contributed by atoms with Crippen LogP contribution in [0.1, 0.15) is 87.5 Å². The van der Waals surface area contributed by atoms with Gasteiger partial charge in [0.2, 0.25) is 0 Å². The quantitative estimate of drug-likeness (QED) is 0.295. The van der Waals surface area contributed by atoms with E-state index < -0.39 is 52.0 Å². The van der Waals surface area contributed by atoms with Crippen LogP contribution in [0.3, 0.4) is 0 Å². The molecule has 4 aliphatic carbocycles. The zero-order valence-electron chi connectivity index (χ0n) is 23.4. The van der Waals surface area contributed by atoms with Gasteiger partial charge in [0, 0.05) is 11.3 Å². The van der Waals surface area contributed by atoms with Gasteiger partial charge in [-0.05, 0) is 87.0 Å². The van der Waals surface area contributed by atoms with E-state index in [0.717, 1.165) is 19.3 Å². The first-order valence-corrected chi connectivity index (χ1v) is 13.7. The van der Waals surface area contributed by atoms with Crippen molar-refractivity contribution in [1.82, 2.24) is 0 Å². The van der Waals surface area contributed by atoms with E-state index in [1.807, 2.05) is 13.8 Å². The van der Waals surface area contributed by atoms with E-state index in [1.165, 1.54) is 24.6 Å². The van der Waals surface area contributed by atoms with Gasteiger partial charge in [0.05, 0.1) is 23.9 Å². The first-order chi connectivity index (χ1) is 16.2. The monoisotopic (exact) mass is 504 g/mol. The third-order valence-electron chi connectivity index (χ3n) is 11.6. The van der Waals surface area contributed by atoms with Gasteiger partial charge in [0.1, 0.15) is 5.60 Å². The fraction of sp³-hybridized carbons (Fsp3) is 0.833. The Morgan fingerprint density at radius 1 is 0.972 bits per heavy atom. The van der Waals surface area contributed by atoms with Crippen molar-refractivity contribution in [3.63, 3.8) is 0 Å². The zero-order chi connectivity index (χ0) is 27.3. The lowest BCUT2D eigenvalue weighted by Gasteiger charge is -2.66. The van der Waals surface area contributed by atoms with Crippen molar-refractivity contribution in [2.75, 3.05) is 0 Å². The van der Waals surface area contributed by atoms with Gasteiger partial charge in [-0.3, -0.25) is 4.79 Å². The molecular formula is C30H48O6. The highest BCUT2D eigenvalue weighted by atomic mass is 16.3. The molecule has 3 saturated carbocycles. The Balaban J connectivity index is 1.74. The largest absolute Gasteiger partial charge is 0.393 e. The molecule has 0 aromatic heterocycles. The van der Waals surface area contributed by atoms with Gasteiger partial charge in [0.25, 0.3) is 0 Å². The molecule has 5 N–H and O–H groups in total. The van der Waals surface area contributed by atoms with Gasteiger partial charge in [-0.1, -0.05) is 52.3 Å². The Bertz CT molecular complexity index is 972. The van der Waals surface area contributed by atoms with Crippen LogP contribution in [0.2, 0.25) is 0 Å². The van der Waals surface area contributed by atoms with E-state index in [1.54, 1.807) is 13.8 Å². The lowest BCUT2D eigenvalue weighted by molar-refractivity contribution is -0.180. The Hall–Kier alpha value is -1.05. The average Bonchev–Trinajstić information content (AvgIpc) is 2.96. The number of fused-ring (bicyclic) bond motifs is 5. The molecule has 0 bridgehead atoms.